The third kappa shape index (κ3) is 2.82. The molecule has 0 aromatic heterocycles. The molecule has 0 amide bonds. The topological polar surface area (TPSA) is 57.1 Å². The van der Waals surface area contributed by atoms with E-state index in [0.29, 0.717) is 29.2 Å². The van der Waals surface area contributed by atoms with E-state index >= 15 is 0 Å². The quantitative estimate of drug-likeness (QED) is 0.612. The molecule has 5 heteroatoms. The van der Waals surface area contributed by atoms with E-state index in [4.69, 9.17) is 14.3 Å². The van der Waals surface area contributed by atoms with Gasteiger partial charge in [-0.1, -0.05) is 24.6 Å². The van der Waals surface area contributed by atoms with Crippen molar-refractivity contribution in [2.24, 2.45) is 5.16 Å². The van der Waals surface area contributed by atoms with Crippen molar-refractivity contribution in [1.82, 2.24) is 0 Å². The molecule has 1 aromatic rings. The number of rotatable bonds is 5. The van der Waals surface area contributed by atoms with E-state index in [2.05, 4.69) is 5.16 Å². The maximum Gasteiger partial charge on any atom is 0.367 e. The van der Waals surface area contributed by atoms with Gasteiger partial charge in [-0.2, -0.15) is 0 Å². The number of ether oxygens (including phenoxy) is 2. The third-order valence-electron chi connectivity index (χ3n) is 2.97. The zero-order valence-corrected chi connectivity index (χ0v) is 11.8. The minimum absolute atomic E-state index is 0.414. The lowest BCUT2D eigenvalue weighted by atomic mass is 10.0. The molecule has 0 bridgehead atoms. The van der Waals surface area contributed by atoms with Gasteiger partial charge in [0.1, 0.15) is 0 Å². The summed E-state index contributed by atoms with van der Waals surface area (Å²) in [5.41, 5.74) is 2.02. The van der Waals surface area contributed by atoms with Gasteiger partial charge in [-0.3, -0.25) is 0 Å². The van der Waals surface area contributed by atoms with Crippen molar-refractivity contribution in [1.29, 1.82) is 0 Å². The summed E-state index contributed by atoms with van der Waals surface area (Å²) in [6.45, 7) is 2.03. The molecule has 2 rings (SSSR count). The number of carbonyl (C=O) groups is 1. The molecule has 106 valence electrons. The fourth-order valence-corrected chi connectivity index (χ4v) is 1.98. The number of methoxy groups -OCH3 is 2. The summed E-state index contributed by atoms with van der Waals surface area (Å²) in [6.07, 6.45) is 3.37. The van der Waals surface area contributed by atoms with E-state index in [9.17, 15) is 4.79 Å². The van der Waals surface area contributed by atoms with Gasteiger partial charge in [-0.05, 0) is 30.2 Å². The van der Waals surface area contributed by atoms with E-state index in [1.54, 1.807) is 32.4 Å². The first kappa shape index (κ1) is 14.1. The van der Waals surface area contributed by atoms with Crippen LogP contribution in [0.3, 0.4) is 0 Å². The van der Waals surface area contributed by atoms with Crippen LogP contribution in [0.1, 0.15) is 25.3 Å². The zero-order valence-electron chi connectivity index (χ0n) is 11.8. The van der Waals surface area contributed by atoms with Crippen LogP contribution >= 0.6 is 0 Å². The van der Waals surface area contributed by atoms with Crippen molar-refractivity contribution in [2.45, 2.75) is 19.8 Å². The normalized spacial score (nSPS) is 16.1. The molecule has 0 saturated heterocycles. The highest BCUT2D eigenvalue weighted by molar-refractivity contribution is 6.25. The third-order valence-corrected chi connectivity index (χ3v) is 2.97. The minimum Gasteiger partial charge on any atom is -0.493 e. The maximum atomic E-state index is 11.7. The second-order valence-electron chi connectivity index (χ2n) is 4.34. The van der Waals surface area contributed by atoms with Crippen LogP contribution in [-0.2, 0) is 9.63 Å². The monoisotopic (exact) mass is 275 g/mol. The average molecular weight is 275 g/mol. The van der Waals surface area contributed by atoms with Crippen LogP contribution < -0.4 is 9.47 Å². The van der Waals surface area contributed by atoms with Gasteiger partial charge in [0, 0.05) is 0 Å². The first-order valence-electron chi connectivity index (χ1n) is 6.42. The summed E-state index contributed by atoms with van der Waals surface area (Å²) in [5.74, 6) is 0.844. The molecule has 0 atom stereocenters. The predicted octanol–water partition coefficient (Wildman–Crippen LogP) is 2.80. The lowest BCUT2D eigenvalue weighted by Crippen LogP contribution is -2.05. The Labute approximate surface area is 117 Å². The van der Waals surface area contributed by atoms with Crippen LogP contribution in [0.25, 0.3) is 6.08 Å². The first-order chi connectivity index (χ1) is 9.69. The van der Waals surface area contributed by atoms with Crippen LogP contribution in [-0.4, -0.2) is 25.9 Å². The molecule has 0 fully saturated rings. The number of hydrogen-bond donors (Lipinski definition) is 0. The van der Waals surface area contributed by atoms with E-state index in [0.717, 1.165) is 12.0 Å². The van der Waals surface area contributed by atoms with Gasteiger partial charge in [0.25, 0.3) is 0 Å². The largest absolute Gasteiger partial charge is 0.493 e. The number of oxime groups is 1. The van der Waals surface area contributed by atoms with Crippen LogP contribution in [0.2, 0.25) is 0 Å². The number of nitrogens with zero attached hydrogens (tertiary/aromatic N) is 1. The van der Waals surface area contributed by atoms with Gasteiger partial charge in [0.15, 0.2) is 11.5 Å². The lowest BCUT2D eigenvalue weighted by molar-refractivity contribution is -0.136. The van der Waals surface area contributed by atoms with E-state index in [-0.39, 0.29) is 0 Å². The van der Waals surface area contributed by atoms with Crippen molar-refractivity contribution in [3.63, 3.8) is 0 Å². The Morgan fingerprint density at radius 1 is 1.25 bits per heavy atom. The smallest absolute Gasteiger partial charge is 0.367 e. The Morgan fingerprint density at radius 3 is 2.65 bits per heavy atom. The maximum absolute atomic E-state index is 11.7. The van der Waals surface area contributed by atoms with Gasteiger partial charge in [-0.25, -0.2) is 4.79 Å². The van der Waals surface area contributed by atoms with Crippen molar-refractivity contribution < 1.29 is 19.1 Å². The molecule has 1 aromatic carbocycles. The molecular formula is C15H17NO4. The highest BCUT2D eigenvalue weighted by atomic mass is 16.7. The van der Waals surface area contributed by atoms with Crippen molar-refractivity contribution in [3.8, 4) is 11.5 Å². The molecule has 0 spiro atoms. The molecule has 0 aliphatic carbocycles. The Morgan fingerprint density at radius 2 is 2.00 bits per heavy atom. The van der Waals surface area contributed by atoms with Gasteiger partial charge >= 0.3 is 5.97 Å². The summed E-state index contributed by atoms with van der Waals surface area (Å²) in [5, 5.41) is 3.80. The fourth-order valence-electron chi connectivity index (χ4n) is 1.98. The van der Waals surface area contributed by atoms with E-state index in [1.807, 2.05) is 13.0 Å². The molecule has 1 aliphatic heterocycles. The van der Waals surface area contributed by atoms with Gasteiger partial charge in [-0.15, -0.1) is 0 Å². The Bertz CT molecular complexity index is 575. The zero-order chi connectivity index (χ0) is 14.5. The summed E-state index contributed by atoms with van der Waals surface area (Å²) >= 11 is 0. The van der Waals surface area contributed by atoms with Crippen LogP contribution in [0, 0.1) is 0 Å². The summed E-state index contributed by atoms with van der Waals surface area (Å²) in [4.78, 5) is 16.4. The standard InChI is InChI=1S/C15H17NO4/c1-4-5-12-11(15(17)20-16-12)8-10-6-7-13(18-2)14(9-10)19-3/h6-9H,4-5H2,1-3H3/b11-8-. The number of carbonyl (C=O) groups excluding carboxylic acids is 1. The average Bonchev–Trinajstić information content (AvgIpc) is 2.80. The SMILES string of the molecule is CCCC1=NOC(=O)/C1=C\c1ccc(OC)c(OC)c1. The molecule has 0 saturated carbocycles. The van der Waals surface area contributed by atoms with Crippen molar-refractivity contribution in [3.05, 3.63) is 29.3 Å². The molecule has 0 radical (unpaired) electrons. The summed E-state index contributed by atoms with van der Waals surface area (Å²) in [6, 6.07) is 5.45. The highest BCUT2D eigenvalue weighted by Crippen LogP contribution is 2.29. The van der Waals surface area contributed by atoms with Gasteiger partial charge in [0.2, 0.25) is 0 Å². The van der Waals surface area contributed by atoms with E-state index < -0.39 is 5.97 Å². The minimum atomic E-state index is -0.414. The Kier molecular flexibility index (Phi) is 4.40. The fraction of sp³-hybridized carbons (Fsp3) is 0.333. The second-order valence-corrected chi connectivity index (χ2v) is 4.34. The second kappa shape index (κ2) is 6.23. The summed E-state index contributed by atoms with van der Waals surface area (Å²) < 4.78 is 10.4. The van der Waals surface area contributed by atoms with Crippen molar-refractivity contribution in [2.75, 3.05) is 14.2 Å². The molecular weight excluding hydrogens is 258 g/mol. The van der Waals surface area contributed by atoms with E-state index in [1.165, 1.54) is 0 Å². The molecule has 5 nitrogen and oxygen atoms in total. The Balaban J connectivity index is 2.34. The molecule has 1 heterocycles. The number of hydrogen-bond acceptors (Lipinski definition) is 5. The first-order valence-corrected chi connectivity index (χ1v) is 6.42. The molecule has 0 unspecified atom stereocenters. The van der Waals surface area contributed by atoms with Crippen LogP contribution in [0.4, 0.5) is 0 Å². The van der Waals surface area contributed by atoms with Crippen molar-refractivity contribution >= 4 is 17.8 Å². The molecule has 0 N–H and O–H groups in total. The molecule has 20 heavy (non-hydrogen) atoms. The van der Waals surface area contributed by atoms with Gasteiger partial charge in [0.05, 0.1) is 25.5 Å². The van der Waals surface area contributed by atoms with Crippen LogP contribution in [0.15, 0.2) is 28.9 Å². The number of benzene rings is 1. The molecule has 1 aliphatic rings. The predicted molar refractivity (Wildman–Crippen MR) is 76.0 cm³/mol. The Hall–Kier alpha value is -2.30. The summed E-state index contributed by atoms with van der Waals surface area (Å²) in [7, 11) is 3.15. The lowest BCUT2D eigenvalue weighted by Gasteiger charge is -2.08. The highest BCUT2D eigenvalue weighted by Gasteiger charge is 2.24. The van der Waals surface area contributed by atoms with Crippen LogP contribution in [0.5, 0.6) is 11.5 Å². The van der Waals surface area contributed by atoms with Gasteiger partial charge < -0.3 is 14.3 Å².